The van der Waals surface area contributed by atoms with Crippen molar-refractivity contribution in [2.75, 3.05) is 14.2 Å². The molecule has 1 aliphatic rings. The van der Waals surface area contributed by atoms with Gasteiger partial charge in [-0.1, -0.05) is 45.0 Å². The zero-order valence-electron chi connectivity index (χ0n) is 17.5. The number of hydrogen-bond donors (Lipinski definition) is 1. The molecule has 0 saturated heterocycles. The zero-order valence-corrected chi connectivity index (χ0v) is 19.0. The summed E-state index contributed by atoms with van der Waals surface area (Å²) in [6, 6.07) is 12.3. The molecule has 0 radical (unpaired) electrons. The van der Waals surface area contributed by atoms with E-state index in [2.05, 4.69) is 71.5 Å². The van der Waals surface area contributed by atoms with Crippen LogP contribution in [-0.4, -0.2) is 26.3 Å². The van der Waals surface area contributed by atoms with Crippen LogP contribution in [0.3, 0.4) is 0 Å². The Morgan fingerprint density at radius 2 is 1.86 bits per heavy atom. The number of nitrogens with one attached hydrogen (secondary N) is 1. The highest BCUT2D eigenvalue weighted by Crippen LogP contribution is 2.47. The third-order valence-electron chi connectivity index (χ3n) is 5.18. The summed E-state index contributed by atoms with van der Waals surface area (Å²) in [6.07, 6.45) is 2.46. The number of hydrazone groups is 1. The zero-order chi connectivity index (χ0) is 21.2. The summed E-state index contributed by atoms with van der Waals surface area (Å²) in [7, 11) is 3.16. The van der Waals surface area contributed by atoms with Gasteiger partial charge in [0.15, 0.2) is 11.5 Å². The molecule has 154 valence electrons. The maximum atomic E-state index is 12.4. The Hall–Kier alpha value is -2.34. The highest BCUT2D eigenvalue weighted by molar-refractivity contribution is 9.10. The van der Waals surface area contributed by atoms with Crippen LogP contribution in [0.4, 0.5) is 0 Å². The van der Waals surface area contributed by atoms with Crippen molar-refractivity contribution in [3.8, 4) is 11.5 Å². The summed E-state index contributed by atoms with van der Waals surface area (Å²) in [5, 5.41) is 4.11. The summed E-state index contributed by atoms with van der Waals surface area (Å²) >= 11 is 3.45. The second-order valence-electron chi connectivity index (χ2n) is 8.29. The summed E-state index contributed by atoms with van der Waals surface area (Å²) in [4.78, 5) is 12.4. The van der Waals surface area contributed by atoms with Crippen LogP contribution in [0.2, 0.25) is 0 Å². The minimum absolute atomic E-state index is 0.0234. The Labute approximate surface area is 180 Å². The fraction of sp³-hybridized carbons (Fsp3) is 0.391. The number of rotatable bonds is 6. The average molecular weight is 459 g/mol. The van der Waals surface area contributed by atoms with Gasteiger partial charge in [-0.3, -0.25) is 4.79 Å². The molecule has 0 unspecified atom stereocenters. The normalized spacial score (nSPS) is 18.6. The van der Waals surface area contributed by atoms with Crippen molar-refractivity contribution in [2.45, 2.75) is 38.5 Å². The van der Waals surface area contributed by atoms with Crippen LogP contribution in [0, 0.1) is 5.92 Å². The molecule has 29 heavy (non-hydrogen) atoms. The Balaban J connectivity index is 1.59. The van der Waals surface area contributed by atoms with E-state index in [0.29, 0.717) is 11.5 Å². The number of carbonyl (C=O) groups excluding carboxylic acids is 1. The van der Waals surface area contributed by atoms with Crippen molar-refractivity contribution >= 4 is 28.1 Å². The van der Waals surface area contributed by atoms with Gasteiger partial charge >= 0.3 is 0 Å². The average Bonchev–Trinajstić information content (AvgIpc) is 3.48. The highest BCUT2D eigenvalue weighted by atomic mass is 79.9. The van der Waals surface area contributed by atoms with Gasteiger partial charge in [0, 0.05) is 5.92 Å². The van der Waals surface area contributed by atoms with Crippen LogP contribution in [0.25, 0.3) is 0 Å². The lowest BCUT2D eigenvalue weighted by Gasteiger charge is -2.19. The van der Waals surface area contributed by atoms with Gasteiger partial charge in [-0.2, -0.15) is 5.10 Å². The molecule has 1 amide bonds. The first-order valence-electron chi connectivity index (χ1n) is 9.59. The summed E-state index contributed by atoms with van der Waals surface area (Å²) in [5.74, 6) is 1.41. The molecule has 1 fully saturated rings. The largest absolute Gasteiger partial charge is 0.493 e. The van der Waals surface area contributed by atoms with Gasteiger partial charge in [0.2, 0.25) is 5.91 Å². The lowest BCUT2D eigenvalue weighted by atomic mass is 9.86. The van der Waals surface area contributed by atoms with Gasteiger partial charge in [0.1, 0.15) is 0 Å². The Kier molecular flexibility index (Phi) is 6.32. The van der Waals surface area contributed by atoms with Gasteiger partial charge in [-0.15, -0.1) is 0 Å². The molecule has 6 heteroatoms. The first-order chi connectivity index (χ1) is 13.7. The number of methoxy groups -OCH3 is 2. The van der Waals surface area contributed by atoms with E-state index in [0.717, 1.165) is 16.5 Å². The molecule has 0 heterocycles. The molecular formula is C23H27BrN2O3. The molecule has 1 N–H and O–H groups in total. The minimum atomic E-state index is -0.0503. The fourth-order valence-electron chi connectivity index (χ4n) is 3.35. The predicted octanol–water partition coefficient (Wildman–Crippen LogP) is 5.02. The molecule has 0 spiro atoms. The SMILES string of the molecule is COc1cc(/C=N/NC(=O)[C@@H]2C[C@@H]2c2ccc(C(C)(C)C)cc2)cc(Br)c1OC. The predicted molar refractivity (Wildman–Crippen MR) is 119 cm³/mol. The van der Waals surface area contributed by atoms with Crippen molar-refractivity contribution in [1.29, 1.82) is 0 Å². The number of carbonyl (C=O) groups is 1. The molecule has 2 aromatic carbocycles. The second kappa shape index (κ2) is 8.57. The van der Waals surface area contributed by atoms with Crippen LogP contribution in [0.15, 0.2) is 46.0 Å². The van der Waals surface area contributed by atoms with Crippen molar-refractivity contribution in [2.24, 2.45) is 11.0 Å². The molecule has 2 atom stereocenters. The molecule has 2 aromatic rings. The Morgan fingerprint density at radius 1 is 1.17 bits per heavy atom. The second-order valence-corrected chi connectivity index (χ2v) is 9.15. The van der Waals surface area contributed by atoms with Crippen LogP contribution >= 0.6 is 15.9 Å². The highest BCUT2D eigenvalue weighted by Gasteiger charge is 2.44. The fourth-order valence-corrected chi connectivity index (χ4v) is 3.97. The van der Waals surface area contributed by atoms with E-state index in [9.17, 15) is 4.79 Å². The van der Waals surface area contributed by atoms with Crippen LogP contribution in [-0.2, 0) is 10.2 Å². The molecule has 1 saturated carbocycles. The van der Waals surface area contributed by atoms with Crippen molar-refractivity contribution < 1.29 is 14.3 Å². The van der Waals surface area contributed by atoms with Gasteiger partial charge in [-0.25, -0.2) is 5.43 Å². The summed E-state index contributed by atoms with van der Waals surface area (Å²) in [6.45, 7) is 6.60. The first kappa shape index (κ1) is 21.4. The number of amides is 1. The number of hydrogen-bond acceptors (Lipinski definition) is 4. The minimum Gasteiger partial charge on any atom is -0.493 e. The van der Waals surface area contributed by atoms with Gasteiger partial charge in [-0.05, 0) is 62.5 Å². The van der Waals surface area contributed by atoms with E-state index >= 15 is 0 Å². The number of ether oxygens (including phenoxy) is 2. The van der Waals surface area contributed by atoms with Gasteiger partial charge < -0.3 is 9.47 Å². The molecule has 0 aliphatic heterocycles. The molecular weight excluding hydrogens is 432 g/mol. The third kappa shape index (κ3) is 4.99. The van der Waals surface area contributed by atoms with Crippen molar-refractivity contribution in [3.05, 3.63) is 57.6 Å². The van der Waals surface area contributed by atoms with Gasteiger partial charge in [0.05, 0.1) is 24.9 Å². The van der Waals surface area contributed by atoms with E-state index in [-0.39, 0.29) is 23.2 Å². The summed E-state index contributed by atoms with van der Waals surface area (Å²) in [5.41, 5.74) is 6.09. The van der Waals surface area contributed by atoms with Gasteiger partial charge in [0.25, 0.3) is 0 Å². The van der Waals surface area contributed by atoms with E-state index in [1.54, 1.807) is 26.5 Å². The smallest absolute Gasteiger partial charge is 0.243 e. The number of nitrogens with zero attached hydrogens (tertiary/aromatic N) is 1. The summed E-state index contributed by atoms with van der Waals surface area (Å²) < 4.78 is 11.4. The van der Waals surface area contributed by atoms with E-state index in [4.69, 9.17) is 9.47 Å². The molecule has 1 aliphatic carbocycles. The number of benzene rings is 2. The lowest BCUT2D eigenvalue weighted by Crippen LogP contribution is -2.20. The van der Waals surface area contributed by atoms with Crippen LogP contribution < -0.4 is 14.9 Å². The molecule has 0 bridgehead atoms. The molecule has 3 rings (SSSR count). The van der Waals surface area contributed by atoms with Crippen molar-refractivity contribution in [3.63, 3.8) is 0 Å². The molecule has 0 aromatic heterocycles. The lowest BCUT2D eigenvalue weighted by molar-refractivity contribution is -0.122. The molecule has 5 nitrogen and oxygen atoms in total. The topological polar surface area (TPSA) is 59.9 Å². The maximum absolute atomic E-state index is 12.4. The number of halogens is 1. The van der Waals surface area contributed by atoms with Crippen LogP contribution in [0.5, 0.6) is 11.5 Å². The third-order valence-corrected chi connectivity index (χ3v) is 5.77. The Bertz CT molecular complexity index is 917. The quantitative estimate of drug-likeness (QED) is 0.488. The Morgan fingerprint density at radius 3 is 2.45 bits per heavy atom. The maximum Gasteiger partial charge on any atom is 0.243 e. The van der Waals surface area contributed by atoms with Crippen LogP contribution in [0.1, 0.15) is 49.8 Å². The van der Waals surface area contributed by atoms with E-state index < -0.39 is 0 Å². The van der Waals surface area contributed by atoms with Crippen molar-refractivity contribution in [1.82, 2.24) is 5.43 Å². The van der Waals surface area contributed by atoms with E-state index in [1.807, 2.05) is 6.07 Å². The standard InChI is InChI=1S/C23H27BrN2O3/c1-23(2,3)16-8-6-15(7-9-16)17-12-18(17)22(27)26-25-13-14-10-19(24)21(29-5)20(11-14)28-4/h6-11,13,17-18H,12H2,1-5H3,(H,26,27)/b25-13+/t17-,18-/m1/s1. The monoisotopic (exact) mass is 458 g/mol. The van der Waals surface area contributed by atoms with E-state index in [1.165, 1.54) is 11.1 Å². The first-order valence-corrected chi connectivity index (χ1v) is 10.4.